The molecule has 7 rings (SSSR count). The lowest BCUT2D eigenvalue weighted by Crippen LogP contribution is -2.39. The summed E-state index contributed by atoms with van der Waals surface area (Å²) in [7, 11) is 0. The molecule has 0 aliphatic heterocycles. The number of nitrogens with zero attached hydrogens (tertiary/aromatic N) is 3. The molecular formula is C30H29F3N4O5. The summed E-state index contributed by atoms with van der Waals surface area (Å²) < 4.78 is 57.3. The smallest absolute Gasteiger partial charge is 0.478 e. The van der Waals surface area contributed by atoms with Crippen molar-refractivity contribution >= 4 is 17.2 Å². The Labute approximate surface area is 238 Å². The number of carboxylic acid groups (broad SMARTS) is 1. The summed E-state index contributed by atoms with van der Waals surface area (Å²) in [6.45, 7) is 0.197. The molecule has 4 atom stereocenters. The van der Waals surface area contributed by atoms with Crippen LogP contribution in [0, 0.1) is 11.8 Å². The van der Waals surface area contributed by atoms with Gasteiger partial charge in [-0.05, 0) is 74.6 Å². The number of aromatic carboxylic acids is 1. The SMILES string of the molecule is O=C(O)c1cnn2ccc(NC3C4CC[C@H]3CC(OCc3c(-c5ccccc5OC(F)(F)F)noc3C3CC3)C4)cc12. The van der Waals surface area contributed by atoms with Crippen LogP contribution in [0.15, 0.2) is 53.3 Å². The summed E-state index contributed by atoms with van der Waals surface area (Å²) >= 11 is 0. The summed E-state index contributed by atoms with van der Waals surface area (Å²) in [6, 6.07) is 9.93. The molecule has 42 heavy (non-hydrogen) atoms. The maximum atomic E-state index is 13.1. The van der Waals surface area contributed by atoms with Crippen LogP contribution in [0.5, 0.6) is 5.75 Å². The number of nitrogens with one attached hydrogen (secondary N) is 1. The largest absolute Gasteiger partial charge is 0.573 e. The van der Waals surface area contributed by atoms with Gasteiger partial charge in [0.25, 0.3) is 0 Å². The van der Waals surface area contributed by atoms with Crippen molar-refractivity contribution in [1.82, 2.24) is 14.8 Å². The number of hydrogen-bond acceptors (Lipinski definition) is 7. The zero-order chi connectivity index (χ0) is 29.0. The summed E-state index contributed by atoms with van der Waals surface area (Å²) in [5.74, 6) is 0.292. The van der Waals surface area contributed by atoms with E-state index in [2.05, 4.69) is 20.3 Å². The van der Waals surface area contributed by atoms with Gasteiger partial charge < -0.3 is 24.4 Å². The van der Waals surface area contributed by atoms with Crippen molar-refractivity contribution in [2.24, 2.45) is 11.8 Å². The van der Waals surface area contributed by atoms with Crippen LogP contribution >= 0.6 is 0 Å². The fraction of sp³-hybridized carbons (Fsp3) is 0.433. The van der Waals surface area contributed by atoms with Gasteiger partial charge in [0, 0.05) is 35.0 Å². The third-order valence-electron chi connectivity index (χ3n) is 8.74. The van der Waals surface area contributed by atoms with Gasteiger partial charge in [-0.15, -0.1) is 13.2 Å². The number of pyridine rings is 1. The van der Waals surface area contributed by atoms with Crippen LogP contribution in [-0.2, 0) is 11.3 Å². The highest BCUT2D eigenvalue weighted by atomic mass is 19.4. The monoisotopic (exact) mass is 582 g/mol. The number of fused-ring (bicyclic) bond motifs is 3. The first-order chi connectivity index (χ1) is 20.2. The summed E-state index contributed by atoms with van der Waals surface area (Å²) in [4.78, 5) is 11.6. The van der Waals surface area contributed by atoms with Gasteiger partial charge in [-0.2, -0.15) is 5.10 Å². The molecule has 9 nitrogen and oxygen atoms in total. The molecule has 3 unspecified atom stereocenters. The molecule has 0 radical (unpaired) electrons. The number of halogens is 3. The number of rotatable bonds is 9. The van der Waals surface area contributed by atoms with Gasteiger partial charge in [0.05, 0.1) is 24.4 Å². The second-order valence-electron chi connectivity index (χ2n) is 11.5. The minimum atomic E-state index is -4.83. The standard InChI is InChI=1S/C30H29F3N4O5/c31-30(32,33)41-25-4-2-1-3-21(25)27-23(28(42-36-27)16-5-6-16)15-40-20-11-17-7-8-18(12-20)26(17)35-19-9-10-37-24(13-19)22(14-34-37)29(38)39/h1-4,9-10,13-14,16-18,20,26,35H,5-8,11-12,15H2,(H,38,39)/t17-,18?,20?,26?/m0/s1. The van der Waals surface area contributed by atoms with Crippen molar-refractivity contribution < 1.29 is 37.1 Å². The molecule has 3 fully saturated rings. The van der Waals surface area contributed by atoms with Crippen LogP contribution in [0.3, 0.4) is 0 Å². The summed E-state index contributed by atoms with van der Waals surface area (Å²) in [5, 5.41) is 21.4. The van der Waals surface area contributed by atoms with Gasteiger partial charge >= 0.3 is 12.3 Å². The number of carbonyl (C=O) groups is 1. The van der Waals surface area contributed by atoms with E-state index < -0.39 is 12.3 Å². The molecule has 12 heteroatoms. The van der Waals surface area contributed by atoms with Crippen LogP contribution in [-0.4, -0.2) is 44.4 Å². The van der Waals surface area contributed by atoms with Crippen LogP contribution in [0.25, 0.3) is 16.8 Å². The molecule has 0 spiro atoms. The predicted molar refractivity (Wildman–Crippen MR) is 144 cm³/mol. The second-order valence-corrected chi connectivity index (χ2v) is 11.5. The Hall–Kier alpha value is -4.06. The number of alkyl halides is 3. The van der Waals surface area contributed by atoms with Gasteiger partial charge in [0.1, 0.15) is 22.8 Å². The van der Waals surface area contributed by atoms with Gasteiger partial charge in [-0.1, -0.05) is 17.3 Å². The molecule has 4 aromatic rings. The van der Waals surface area contributed by atoms with Crippen molar-refractivity contribution in [1.29, 1.82) is 0 Å². The first-order valence-electron chi connectivity index (χ1n) is 14.2. The van der Waals surface area contributed by atoms with Crippen molar-refractivity contribution in [3.05, 3.63) is 65.7 Å². The van der Waals surface area contributed by atoms with Crippen LogP contribution < -0.4 is 10.1 Å². The molecule has 2 N–H and O–H groups in total. The number of benzene rings is 1. The molecular weight excluding hydrogens is 553 g/mol. The molecule has 2 bridgehead atoms. The molecule has 220 valence electrons. The number of ether oxygens (including phenoxy) is 2. The minimum absolute atomic E-state index is 0.00653. The van der Waals surface area contributed by atoms with Gasteiger partial charge in [0.15, 0.2) is 0 Å². The van der Waals surface area contributed by atoms with E-state index >= 15 is 0 Å². The number of carboxylic acids is 1. The third-order valence-corrected chi connectivity index (χ3v) is 8.74. The highest BCUT2D eigenvalue weighted by Gasteiger charge is 2.43. The quantitative estimate of drug-likeness (QED) is 0.226. The minimum Gasteiger partial charge on any atom is -0.478 e. The molecule has 0 amide bonds. The number of anilines is 1. The summed E-state index contributed by atoms with van der Waals surface area (Å²) in [6.07, 6.45) is 3.98. The molecule has 3 aliphatic carbocycles. The van der Waals surface area contributed by atoms with Gasteiger partial charge in [-0.3, -0.25) is 0 Å². The number of aromatic nitrogens is 3. The second kappa shape index (κ2) is 10.3. The van der Waals surface area contributed by atoms with E-state index in [1.54, 1.807) is 22.8 Å². The van der Waals surface area contributed by atoms with Crippen molar-refractivity contribution in [3.63, 3.8) is 0 Å². The van der Waals surface area contributed by atoms with Crippen LogP contribution in [0.2, 0.25) is 0 Å². The van der Waals surface area contributed by atoms with E-state index in [1.807, 2.05) is 12.1 Å². The Morgan fingerprint density at radius 3 is 2.60 bits per heavy atom. The number of hydrogen-bond donors (Lipinski definition) is 2. The first-order valence-corrected chi connectivity index (χ1v) is 14.2. The molecule has 0 saturated heterocycles. The Bertz CT molecular complexity index is 1610. The Balaban J connectivity index is 1.06. The summed E-state index contributed by atoms with van der Waals surface area (Å²) in [5.41, 5.74) is 2.78. The third kappa shape index (κ3) is 5.19. The fourth-order valence-electron chi connectivity index (χ4n) is 6.69. The first kappa shape index (κ1) is 26.8. The van der Waals surface area contributed by atoms with E-state index in [4.69, 9.17) is 9.26 Å². The van der Waals surface area contributed by atoms with Gasteiger partial charge in [-0.25, -0.2) is 9.31 Å². The van der Waals surface area contributed by atoms with Crippen molar-refractivity contribution in [2.45, 2.75) is 69.6 Å². The number of para-hydroxylation sites is 1. The van der Waals surface area contributed by atoms with E-state index in [-0.39, 0.29) is 41.5 Å². The lowest BCUT2D eigenvalue weighted by atomic mass is 9.82. The van der Waals surface area contributed by atoms with E-state index in [1.165, 1.54) is 18.3 Å². The Kier molecular flexibility index (Phi) is 6.60. The van der Waals surface area contributed by atoms with Crippen LogP contribution in [0.1, 0.15) is 66.1 Å². The fourth-order valence-corrected chi connectivity index (χ4v) is 6.69. The Morgan fingerprint density at radius 1 is 1.12 bits per heavy atom. The highest BCUT2D eigenvalue weighted by molar-refractivity contribution is 5.95. The average molecular weight is 583 g/mol. The Morgan fingerprint density at radius 2 is 1.88 bits per heavy atom. The lowest BCUT2D eigenvalue weighted by molar-refractivity contribution is -0.274. The predicted octanol–water partition coefficient (Wildman–Crippen LogP) is 6.65. The molecule has 3 aliphatic rings. The van der Waals surface area contributed by atoms with Gasteiger partial charge in [0.2, 0.25) is 0 Å². The van der Waals surface area contributed by atoms with Crippen molar-refractivity contribution in [2.75, 3.05) is 5.32 Å². The van der Waals surface area contributed by atoms with Crippen molar-refractivity contribution in [3.8, 4) is 17.0 Å². The topological polar surface area (TPSA) is 111 Å². The van der Waals surface area contributed by atoms with E-state index in [9.17, 15) is 23.1 Å². The van der Waals surface area contributed by atoms with Crippen LogP contribution in [0.4, 0.5) is 18.9 Å². The highest BCUT2D eigenvalue weighted by Crippen LogP contribution is 2.48. The zero-order valence-corrected chi connectivity index (χ0v) is 22.5. The van der Waals surface area contributed by atoms with E-state index in [0.29, 0.717) is 34.4 Å². The lowest BCUT2D eigenvalue weighted by Gasteiger charge is -2.36. The molecule has 3 saturated carbocycles. The molecule has 3 heterocycles. The van der Waals surface area contributed by atoms with E-state index in [0.717, 1.165) is 44.2 Å². The molecule has 3 aromatic heterocycles. The maximum absolute atomic E-state index is 13.1. The normalized spacial score (nSPS) is 23.8. The molecule has 1 aromatic carbocycles. The maximum Gasteiger partial charge on any atom is 0.573 e. The average Bonchev–Trinajstić information content (AvgIpc) is 3.49. The zero-order valence-electron chi connectivity index (χ0n) is 22.5.